The molecule has 2 fully saturated rings. The van der Waals surface area contributed by atoms with Crippen molar-refractivity contribution in [2.24, 2.45) is 0 Å². The fraction of sp³-hybridized carbons (Fsp3) is 0.517. The van der Waals surface area contributed by atoms with Crippen molar-refractivity contribution < 1.29 is 13.9 Å². The summed E-state index contributed by atoms with van der Waals surface area (Å²) in [6.07, 6.45) is 0.548. The average Bonchev–Trinajstić information content (AvgIpc) is 3.27. The number of halogens is 1. The normalized spacial score (nSPS) is 22.6. The van der Waals surface area contributed by atoms with E-state index in [2.05, 4.69) is 58.1 Å². The molecule has 9 heteroatoms. The number of rotatable bonds is 6. The first-order valence-corrected chi connectivity index (χ1v) is 13.6. The van der Waals surface area contributed by atoms with Gasteiger partial charge in [0.1, 0.15) is 24.3 Å². The van der Waals surface area contributed by atoms with E-state index in [1.165, 1.54) is 10.9 Å². The number of likely N-dealkylation sites (N-methyl/N-ethyl adjacent to an activating group) is 2. The number of methoxy groups -OCH3 is 1. The summed E-state index contributed by atoms with van der Waals surface area (Å²) in [7, 11) is 5.83. The van der Waals surface area contributed by atoms with Crippen LogP contribution in [0.4, 0.5) is 15.9 Å². The predicted molar refractivity (Wildman–Crippen MR) is 148 cm³/mol. The van der Waals surface area contributed by atoms with Crippen molar-refractivity contribution in [3.8, 4) is 11.8 Å². The summed E-state index contributed by atoms with van der Waals surface area (Å²) in [6, 6.07) is 13.1. The number of hydrogen-bond acceptors (Lipinski definition) is 8. The third kappa shape index (κ3) is 4.97. The molecule has 0 bridgehead atoms. The predicted octanol–water partition coefficient (Wildman–Crippen LogP) is 3.37. The number of alkyl halides is 1. The molecule has 3 aliphatic rings. The van der Waals surface area contributed by atoms with Crippen molar-refractivity contribution in [3.63, 3.8) is 0 Å². The van der Waals surface area contributed by atoms with E-state index in [9.17, 15) is 4.39 Å². The molecule has 6 rings (SSSR count). The van der Waals surface area contributed by atoms with Gasteiger partial charge in [0.05, 0.1) is 19.3 Å². The topological polar surface area (TPSA) is 57.2 Å². The van der Waals surface area contributed by atoms with Crippen LogP contribution in [0.25, 0.3) is 10.8 Å². The SMILES string of the molecule is COc1cc(N2CCc3c(nc(OCC4C[C@@H](F)CN4C)nc3N3CCN(C)CC3)C2)c2ccccc2c1. The Morgan fingerprint density at radius 3 is 2.58 bits per heavy atom. The molecule has 1 unspecified atom stereocenters. The minimum absolute atomic E-state index is 0.0383. The molecule has 3 aromatic rings. The number of likely N-dealkylation sites (tertiary alicyclic amines) is 1. The van der Waals surface area contributed by atoms with Crippen LogP contribution in [0.2, 0.25) is 0 Å². The van der Waals surface area contributed by atoms with Gasteiger partial charge in [0.15, 0.2) is 0 Å². The highest BCUT2D eigenvalue weighted by molar-refractivity contribution is 5.95. The molecule has 8 nitrogen and oxygen atoms in total. The van der Waals surface area contributed by atoms with Crippen LogP contribution in [0.3, 0.4) is 0 Å². The molecule has 4 heterocycles. The zero-order chi connectivity index (χ0) is 26.2. The molecule has 0 saturated carbocycles. The monoisotopic (exact) mass is 520 g/mol. The molecular formula is C29H37FN6O2. The molecule has 2 aromatic carbocycles. The lowest BCUT2D eigenvalue weighted by Crippen LogP contribution is -2.46. The Morgan fingerprint density at radius 2 is 1.82 bits per heavy atom. The van der Waals surface area contributed by atoms with Gasteiger partial charge >= 0.3 is 6.01 Å². The van der Waals surface area contributed by atoms with Crippen LogP contribution >= 0.6 is 0 Å². The van der Waals surface area contributed by atoms with Crippen LogP contribution in [-0.2, 0) is 13.0 Å². The van der Waals surface area contributed by atoms with E-state index in [0.717, 1.165) is 67.5 Å². The highest BCUT2D eigenvalue weighted by Crippen LogP contribution is 2.36. The number of fused-ring (bicyclic) bond motifs is 2. The maximum atomic E-state index is 13.9. The largest absolute Gasteiger partial charge is 0.497 e. The standard InChI is InChI=1S/C29H37FN6O2/c1-33-10-12-35(13-11-33)28-25-8-9-36(27-16-23(37-3)14-20-6-4-5-7-24(20)27)18-26(25)31-29(32-28)38-19-22-15-21(30)17-34(22)2/h4-7,14,16,21-22H,8-13,15,17-19H2,1-3H3/t21-,22?/m1/s1. The maximum Gasteiger partial charge on any atom is 0.318 e. The van der Waals surface area contributed by atoms with Crippen LogP contribution in [0.1, 0.15) is 17.7 Å². The van der Waals surface area contributed by atoms with E-state index in [1.807, 2.05) is 11.9 Å². The van der Waals surface area contributed by atoms with Crippen molar-refractivity contribution in [3.05, 3.63) is 47.7 Å². The Morgan fingerprint density at radius 1 is 1.00 bits per heavy atom. The summed E-state index contributed by atoms with van der Waals surface area (Å²) in [5, 5.41) is 2.36. The van der Waals surface area contributed by atoms with Crippen LogP contribution in [-0.4, -0.2) is 99.1 Å². The van der Waals surface area contributed by atoms with Gasteiger partial charge in [-0.05, 0) is 38.4 Å². The maximum absolute atomic E-state index is 13.9. The van der Waals surface area contributed by atoms with Crippen molar-refractivity contribution >= 4 is 22.3 Å². The van der Waals surface area contributed by atoms with Crippen molar-refractivity contribution in [2.45, 2.75) is 31.6 Å². The summed E-state index contributed by atoms with van der Waals surface area (Å²) in [5.41, 5.74) is 3.37. The molecule has 202 valence electrons. The number of hydrogen-bond donors (Lipinski definition) is 0. The van der Waals surface area contributed by atoms with Gasteiger partial charge in [-0.15, -0.1) is 0 Å². The van der Waals surface area contributed by atoms with Crippen molar-refractivity contribution in [1.29, 1.82) is 0 Å². The molecule has 38 heavy (non-hydrogen) atoms. The van der Waals surface area contributed by atoms with Gasteiger partial charge in [-0.2, -0.15) is 9.97 Å². The lowest BCUT2D eigenvalue weighted by molar-refractivity contribution is 0.187. The first-order chi connectivity index (χ1) is 18.5. The van der Waals surface area contributed by atoms with Crippen LogP contribution in [0, 0.1) is 0 Å². The van der Waals surface area contributed by atoms with E-state index < -0.39 is 6.17 Å². The lowest BCUT2D eigenvalue weighted by atomic mass is 10.0. The van der Waals surface area contributed by atoms with Gasteiger partial charge in [-0.25, -0.2) is 4.39 Å². The summed E-state index contributed by atoms with van der Waals surface area (Å²) in [4.78, 5) is 19.0. The zero-order valence-electron chi connectivity index (χ0n) is 22.6. The van der Waals surface area contributed by atoms with Crippen molar-refractivity contribution in [2.75, 3.05) is 76.9 Å². The number of ether oxygens (including phenoxy) is 2. The summed E-state index contributed by atoms with van der Waals surface area (Å²) >= 11 is 0. The molecule has 0 N–H and O–H groups in total. The van der Waals surface area contributed by atoms with Crippen LogP contribution < -0.4 is 19.3 Å². The van der Waals surface area contributed by atoms with E-state index in [-0.39, 0.29) is 6.04 Å². The fourth-order valence-corrected chi connectivity index (χ4v) is 5.96. The van der Waals surface area contributed by atoms with Gasteiger partial charge in [-0.3, -0.25) is 4.90 Å². The quantitative estimate of drug-likeness (QED) is 0.491. The van der Waals surface area contributed by atoms with Gasteiger partial charge < -0.3 is 24.2 Å². The van der Waals surface area contributed by atoms with E-state index in [4.69, 9.17) is 19.4 Å². The molecule has 3 aliphatic heterocycles. The first kappa shape index (κ1) is 25.1. The molecule has 0 aliphatic carbocycles. The molecule has 2 saturated heterocycles. The Bertz CT molecular complexity index is 1300. The molecule has 0 spiro atoms. The Labute approximate surface area is 223 Å². The fourth-order valence-electron chi connectivity index (χ4n) is 5.96. The van der Waals surface area contributed by atoms with E-state index in [1.54, 1.807) is 7.11 Å². The molecule has 0 amide bonds. The second kappa shape index (κ2) is 10.5. The second-order valence-electron chi connectivity index (χ2n) is 10.8. The highest BCUT2D eigenvalue weighted by Gasteiger charge is 2.31. The lowest BCUT2D eigenvalue weighted by Gasteiger charge is -2.37. The van der Waals surface area contributed by atoms with Gasteiger partial charge in [0.2, 0.25) is 0 Å². The molecule has 2 atom stereocenters. The number of piperazine rings is 1. The van der Waals surface area contributed by atoms with Gasteiger partial charge in [-0.1, -0.05) is 24.3 Å². The Balaban J connectivity index is 1.33. The Kier molecular flexibility index (Phi) is 6.97. The minimum atomic E-state index is -0.801. The van der Waals surface area contributed by atoms with Gasteiger partial charge in [0, 0.05) is 68.0 Å². The molecule has 1 aromatic heterocycles. The molecule has 0 radical (unpaired) electrons. The Hall–Kier alpha value is -3.17. The minimum Gasteiger partial charge on any atom is -0.497 e. The smallest absolute Gasteiger partial charge is 0.318 e. The van der Waals surface area contributed by atoms with Gasteiger partial charge in [0.25, 0.3) is 0 Å². The van der Waals surface area contributed by atoms with Crippen LogP contribution in [0.5, 0.6) is 11.8 Å². The summed E-state index contributed by atoms with van der Waals surface area (Å²) in [6.45, 7) is 6.25. The van der Waals surface area contributed by atoms with Crippen molar-refractivity contribution in [1.82, 2.24) is 19.8 Å². The number of nitrogens with zero attached hydrogens (tertiary/aromatic N) is 6. The van der Waals surface area contributed by atoms with E-state index in [0.29, 0.717) is 32.1 Å². The average molecular weight is 521 g/mol. The number of aromatic nitrogens is 2. The van der Waals surface area contributed by atoms with E-state index >= 15 is 0 Å². The third-order valence-corrected chi connectivity index (χ3v) is 8.26. The summed E-state index contributed by atoms with van der Waals surface area (Å²) in [5.74, 6) is 1.84. The summed E-state index contributed by atoms with van der Waals surface area (Å²) < 4.78 is 25.7. The number of benzene rings is 2. The second-order valence-corrected chi connectivity index (χ2v) is 10.8. The first-order valence-electron chi connectivity index (χ1n) is 13.6. The molecular weight excluding hydrogens is 483 g/mol. The number of anilines is 2. The van der Waals surface area contributed by atoms with Crippen LogP contribution in [0.15, 0.2) is 36.4 Å². The zero-order valence-corrected chi connectivity index (χ0v) is 22.6. The third-order valence-electron chi connectivity index (χ3n) is 8.26. The highest BCUT2D eigenvalue weighted by atomic mass is 19.1.